The first-order chi connectivity index (χ1) is 14.7. The number of nitrogens with one attached hydrogen (secondary N) is 3. The number of urea groups is 1. The van der Waals surface area contributed by atoms with Crippen LogP contribution in [0.15, 0.2) is 65.6 Å². The number of anilines is 3. The molecule has 0 radical (unpaired) electrons. The lowest BCUT2D eigenvalue weighted by molar-refractivity contribution is 0.262. The molecule has 2 amide bonds. The monoisotopic (exact) mass is 499 g/mol. The van der Waals surface area contributed by atoms with Crippen LogP contribution < -0.4 is 20.1 Å². The lowest BCUT2D eigenvalue weighted by Crippen LogP contribution is -2.21. The summed E-state index contributed by atoms with van der Waals surface area (Å²) in [5, 5.41) is 5.68. The standard InChI is InChI=1S/C20H16Cl3N3O4S/c1-30-13-5-4-6-14(11-13)31(28,29)26-18-8-3-2-7-17(18)25-20(27)24-12-9-15(21)19(23)16(22)10-12/h2-11,26H,1H3,(H2,24,25,27). The number of halogens is 3. The van der Waals surface area contributed by atoms with E-state index in [2.05, 4.69) is 15.4 Å². The second-order valence-electron chi connectivity index (χ2n) is 6.16. The maximum absolute atomic E-state index is 12.8. The fourth-order valence-electron chi connectivity index (χ4n) is 2.57. The second-order valence-corrected chi connectivity index (χ2v) is 9.04. The summed E-state index contributed by atoms with van der Waals surface area (Å²) < 4.78 is 33.1. The Balaban J connectivity index is 1.79. The third-order valence-electron chi connectivity index (χ3n) is 4.01. The number of amides is 2. The Morgan fingerprint density at radius 3 is 2.16 bits per heavy atom. The van der Waals surface area contributed by atoms with Crippen molar-refractivity contribution >= 4 is 67.9 Å². The van der Waals surface area contributed by atoms with Crippen molar-refractivity contribution in [2.24, 2.45) is 0 Å². The van der Waals surface area contributed by atoms with Crippen molar-refractivity contribution in [2.45, 2.75) is 4.90 Å². The van der Waals surface area contributed by atoms with Gasteiger partial charge in [0.25, 0.3) is 10.0 Å². The first-order valence-corrected chi connectivity index (χ1v) is 11.3. The summed E-state index contributed by atoms with van der Waals surface area (Å²) in [5.41, 5.74) is 0.719. The van der Waals surface area contributed by atoms with Crippen LogP contribution in [-0.2, 0) is 10.0 Å². The van der Waals surface area contributed by atoms with Crippen molar-refractivity contribution in [3.05, 3.63) is 75.7 Å². The highest BCUT2D eigenvalue weighted by atomic mass is 35.5. The summed E-state index contributed by atoms with van der Waals surface area (Å²) in [5.74, 6) is 0.397. The van der Waals surface area contributed by atoms with Gasteiger partial charge >= 0.3 is 6.03 Å². The molecule has 3 aromatic rings. The third kappa shape index (κ3) is 5.74. The predicted octanol–water partition coefficient (Wildman–Crippen LogP) is 6.10. The minimum atomic E-state index is -3.93. The van der Waals surface area contributed by atoms with Crippen LogP contribution in [0.2, 0.25) is 15.1 Å². The number of hydrogen-bond donors (Lipinski definition) is 3. The van der Waals surface area contributed by atoms with Gasteiger partial charge < -0.3 is 15.4 Å². The lowest BCUT2D eigenvalue weighted by Gasteiger charge is -2.15. The molecule has 7 nitrogen and oxygen atoms in total. The molecule has 0 aliphatic rings. The predicted molar refractivity (Wildman–Crippen MR) is 124 cm³/mol. The molecule has 0 atom stereocenters. The topological polar surface area (TPSA) is 96.5 Å². The first-order valence-electron chi connectivity index (χ1n) is 8.68. The van der Waals surface area contributed by atoms with Crippen LogP contribution in [0.1, 0.15) is 0 Å². The van der Waals surface area contributed by atoms with Gasteiger partial charge in [0.1, 0.15) is 5.75 Å². The van der Waals surface area contributed by atoms with Gasteiger partial charge in [-0.3, -0.25) is 4.72 Å². The molecule has 0 unspecified atom stereocenters. The molecule has 0 aliphatic heterocycles. The minimum Gasteiger partial charge on any atom is -0.497 e. The van der Waals surface area contributed by atoms with E-state index in [0.29, 0.717) is 11.4 Å². The molecular weight excluding hydrogens is 485 g/mol. The van der Waals surface area contributed by atoms with Crippen molar-refractivity contribution in [2.75, 3.05) is 22.5 Å². The zero-order valence-corrected chi connectivity index (χ0v) is 19.0. The Bertz CT molecular complexity index is 1210. The number of sulfonamides is 1. The maximum Gasteiger partial charge on any atom is 0.323 e. The first kappa shape index (κ1) is 23.0. The molecule has 31 heavy (non-hydrogen) atoms. The summed E-state index contributed by atoms with van der Waals surface area (Å²) in [6, 6.07) is 14.6. The normalized spacial score (nSPS) is 11.0. The number of carbonyl (C=O) groups is 1. The van der Waals surface area contributed by atoms with E-state index in [-0.39, 0.29) is 31.3 Å². The van der Waals surface area contributed by atoms with E-state index >= 15 is 0 Å². The number of ether oxygens (including phenoxy) is 1. The Morgan fingerprint density at radius 1 is 0.871 bits per heavy atom. The van der Waals surface area contributed by atoms with Crippen LogP contribution in [-0.4, -0.2) is 21.6 Å². The van der Waals surface area contributed by atoms with E-state index in [9.17, 15) is 13.2 Å². The van der Waals surface area contributed by atoms with Crippen molar-refractivity contribution in [3.8, 4) is 5.75 Å². The Labute approximate surface area is 194 Å². The van der Waals surface area contributed by atoms with Gasteiger partial charge in [0.2, 0.25) is 0 Å². The second kappa shape index (κ2) is 9.65. The molecule has 0 aliphatic carbocycles. The Kier molecular flexibility index (Phi) is 7.17. The molecular formula is C20H16Cl3N3O4S. The van der Waals surface area contributed by atoms with E-state index in [0.717, 1.165) is 0 Å². The lowest BCUT2D eigenvalue weighted by atomic mass is 10.3. The van der Waals surface area contributed by atoms with Gasteiger partial charge in [-0.05, 0) is 36.4 Å². The largest absolute Gasteiger partial charge is 0.497 e. The zero-order chi connectivity index (χ0) is 22.6. The van der Waals surface area contributed by atoms with Gasteiger partial charge in [0, 0.05) is 11.8 Å². The van der Waals surface area contributed by atoms with Crippen molar-refractivity contribution < 1.29 is 17.9 Å². The third-order valence-corrected chi connectivity index (χ3v) is 6.57. The van der Waals surface area contributed by atoms with Crippen molar-refractivity contribution in [3.63, 3.8) is 0 Å². The summed E-state index contributed by atoms with van der Waals surface area (Å²) >= 11 is 17.8. The fraction of sp³-hybridized carbons (Fsp3) is 0.0500. The number of para-hydroxylation sites is 2. The number of methoxy groups -OCH3 is 1. The average Bonchev–Trinajstić information content (AvgIpc) is 2.73. The van der Waals surface area contributed by atoms with Gasteiger partial charge in [-0.25, -0.2) is 13.2 Å². The SMILES string of the molecule is COc1cccc(S(=O)(=O)Nc2ccccc2NC(=O)Nc2cc(Cl)c(Cl)c(Cl)c2)c1. The van der Waals surface area contributed by atoms with Crippen LogP contribution in [0.4, 0.5) is 21.9 Å². The smallest absolute Gasteiger partial charge is 0.323 e. The van der Waals surface area contributed by atoms with E-state index in [1.54, 1.807) is 30.3 Å². The quantitative estimate of drug-likeness (QED) is 0.356. The molecule has 162 valence electrons. The highest BCUT2D eigenvalue weighted by Crippen LogP contribution is 2.33. The number of hydrogen-bond acceptors (Lipinski definition) is 4. The summed E-state index contributed by atoms with van der Waals surface area (Å²) in [4.78, 5) is 12.4. The van der Waals surface area contributed by atoms with Crippen LogP contribution in [0, 0.1) is 0 Å². The average molecular weight is 501 g/mol. The molecule has 0 saturated heterocycles. The number of rotatable bonds is 6. The van der Waals surface area contributed by atoms with E-state index in [1.165, 1.54) is 37.4 Å². The fourth-order valence-corrected chi connectivity index (χ4v) is 4.28. The van der Waals surface area contributed by atoms with Gasteiger partial charge in [0.15, 0.2) is 0 Å². The molecule has 0 heterocycles. The van der Waals surface area contributed by atoms with Gasteiger partial charge in [-0.15, -0.1) is 0 Å². The molecule has 0 fully saturated rings. The maximum atomic E-state index is 12.8. The minimum absolute atomic E-state index is 0.0107. The van der Waals surface area contributed by atoms with Crippen LogP contribution >= 0.6 is 34.8 Å². The van der Waals surface area contributed by atoms with Gasteiger partial charge in [-0.1, -0.05) is 53.0 Å². The van der Waals surface area contributed by atoms with Crippen molar-refractivity contribution in [1.82, 2.24) is 0 Å². The molecule has 0 saturated carbocycles. The molecule has 0 spiro atoms. The van der Waals surface area contributed by atoms with E-state index in [4.69, 9.17) is 39.5 Å². The number of benzene rings is 3. The Hall–Kier alpha value is -2.65. The van der Waals surface area contributed by atoms with Gasteiger partial charge in [0.05, 0.1) is 38.4 Å². The highest BCUT2D eigenvalue weighted by molar-refractivity contribution is 7.92. The summed E-state index contributed by atoms with van der Waals surface area (Å²) in [6.45, 7) is 0. The number of carbonyl (C=O) groups excluding carboxylic acids is 1. The highest BCUT2D eigenvalue weighted by Gasteiger charge is 2.18. The van der Waals surface area contributed by atoms with Crippen LogP contribution in [0.3, 0.4) is 0 Å². The van der Waals surface area contributed by atoms with Crippen LogP contribution in [0.25, 0.3) is 0 Å². The summed E-state index contributed by atoms with van der Waals surface area (Å²) in [7, 11) is -2.49. The molecule has 0 bridgehead atoms. The van der Waals surface area contributed by atoms with Crippen LogP contribution in [0.5, 0.6) is 5.75 Å². The van der Waals surface area contributed by atoms with E-state index in [1.807, 2.05) is 0 Å². The van der Waals surface area contributed by atoms with Gasteiger partial charge in [-0.2, -0.15) is 0 Å². The molecule has 3 aromatic carbocycles. The molecule has 0 aromatic heterocycles. The Morgan fingerprint density at radius 2 is 1.52 bits per heavy atom. The molecule has 11 heteroatoms. The molecule has 3 N–H and O–H groups in total. The van der Waals surface area contributed by atoms with E-state index < -0.39 is 16.1 Å². The molecule has 3 rings (SSSR count). The van der Waals surface area contributed by atoms with Crippen molar-refractivity contribution in [1.29, 1.82) is 0 Å². The summed E-state index contributed by atoms with van der Waals surface area (Å²) in [6.07, 6.45) is 0. The zero-order valence-electron chi connectivity index (χ0n) is 15.9.